The lowest BCUT2D eigenvalue weighted by Gasteiger charge is -2.15. The summed E-state index contributed by atoms with van der Waals surface area (Å²) in [6.45, 7) is 3.61. The fourth-order valence-corrected chi connectivity index (χ4v) is 2.03. The fourth-order valence-electron chi connectivity index (χ4n) is 2.03. The van der Waals surface area contributed by atoms with Gasteiger partial charge in [-0.2, -0.15) is 0 Å². The first-order chi connectivity index (χ1) is 8.56. The zero-order valence-electron chi connectivity index (χ0n) is 10.2. The predicted octanol–water partition coefficient (Wildman–Crippen LogP) is 2.08. The van der Waals surface area contributed by atoms with Crippen LogP contribution < -0.4 is 4.90 Å². The highest BCUT2D eigenvalue weighted by atomic mass is 19.1. The molecule has 0 bridgehead atoms. The molecule has 0 unspecified atom stereocenters. The van der Waals surface area contributed by atoms with Gasteiger partial charge in [0.05, 0.1) is 11.3 Å². The maximum absolute atomic E-state index is 13.9. The Bertz CT molecular complexity index is 596. The topological polar surface area (TPSA) is 37.4 Å². The summed E-state index contributed by atoms with van der Waals surface area (Å²) in [5.74, 6) is 3.64. The number of rotatable bonds is 2. The summed E-state index contributed by atoms with van der Waals surface area (Å²) >= 11 is 0. The van der Waals surface area contributed by atoms with Gasteiger partial charge >= 0.3 is 0 Å². The number of fused-ring (bicyclic) bond motifs is 1. The molecule has 1 aromatic carbocycles. The van der Waals surface area contributed by atoms with Crippen LogP contribution in [0.5, 0.6) is 0 Å². The number of halogens is 1. The number of anilines is 1. The molecule has 0 aromatic heterocycles. The smallest absolute Gasteiger partial charge is 0.299 e. The van der Waals surface area contributed by atoms with E-state index in [-0.39, 0.29) is 17.8 Å². The van der Waals surface area contributed by atoms with Gasteiger partial charge in [0, 0.05) is 13.0 Å². The van der Waals surface area contributed by atoms with E-state index in [9.17, 15) is 14.0 Å². The molecular formula is C14H12FNO2. The molecule has 0 saturated heterocycles. The number of carbonyl (C=O) groups excluding carboxylic acids is 2. The number of ketones is 1. The summed E-state index contributed by atoms with van der Waals surface area (Å²) in [5, 5.41) is 0. The minimum absolute atomic E-state index is 0.0912. The molecule has 1 aromatic rings. The van der Waals surface area contributed by atoms with Gasteiger partial charge < -0.3 is 4.90 Å². The van der Waals surface area contributed by atoms with Crippen molar-refractivity contribution in [2.24, 2.45) is 0 Å². The van der Waals surface area contributed by atoms with Crippen molar-refractivity contribution in [2.45, 2.75) is 20.3 Å². The van der Waals surface area contributed by atoms with Crippen molar-refractivity contribution in [1.82, 2.24) is 0 Å². The molecule has 0 N–H and O–H groups in total. The molecule has 0 saturated carbocycles. The van der Waals surface area contributed by atoms with Crippen LogP contribution in [0, 0.1) is 24.6 Å². The second kappa shape index (κ2) is 4.61. The summed E-state index contributed by atoms with van der Waals surface area (Å²) in [4.78, 5) is 24.7. The zero-order chi connectivity index (χ0) is 13.3. The van der Waals surface area contributed by atoms with Gasteiger partial charge in [-0.15, -0.1) is 11.8 Å². The highest BCUT2D eigenvalue weighted by Gasteiger charge is 2.37. The monoisotopic (exact) mass is 245 g/mol. The first kappa shape index (κ1) is 12.3. The Balaban J connectivity index is 2.43. The van der Waals surface area contributed by atoms with Gasteiger partial charge in [0.25, 0.3) is 11.7 Å². The van der Waals surface area contributed by atoms with E-state index in [0.29, 0.717) is 12.0 Å². The molecule has 0 atom stereocenters. The molecule has 1 heterocycles. The average Bonchev–Trinajstić information content (AvgIpc) is 2.55. The van der Waals surface area contributed by atoms with Crippen LogP contribution in [0.4, 0.5) is 10.1 Å². The van der Waals surface area contributed by atoms with E-state index in [2.05, 4.69) is 11.8 Å². The molecule has 2 rings (SSSR count). The number of carbonyl (C=O) groups is 2. The second-order valence-corrected chi connectivity index (χ2v) is 4.11. The maximum atomic E-state index is 13.9. The SMILES string of the molecule is CC#CCCN1C(=O)C(=O)c2cc(C)cc(F)c21. The van der Waals surface area contributed by atoms with Crippen LogP contribution in [0.3, 0.4) is 0 Å². The number of amides is 1. The van der Waals surface area contributed by atoms with Crippen LogP contribution in [0.2, 0.25) is 0 Å². The van der Waals surface area contributed by atoms with E-state index in [1.807, 2.05) is 0 Å². The molecular weight excluding hydrogens is 233 g/mol. The Kier molecular flexibility index (Phi) is 3.15. The van der Waals surface area contributed by atoms with Crippen molar-refractivity contribution in [2.75, 3.05) is 11.4 Å². The fraction of sp³-hybridized carbons (Fsp3) is 0.286. The van der Waals surface area contributed by atoms with Crippen molar-refractivity contribution < 1.29 is 14.0 Å². The van der Waals surface area contributed by atoms with Gasteiger partial charge in [0.2, 0.25) is 0 Å². The van der Waals surface area contributed by atoms with Crippen molar-refractivity contribution >= 4 is 17.4 Å². The van der Waals surface area contributed by atoms with E-state index in [1.165, 1.54) is 11.0 Å². The zero-order valence-corrected chi connectivity index (χ0v) is 10.2. The second-order valence-electron chi connectivity index (χ2n) is 4.11. The minimum atomic E-state index is -0.674. The Morgan fingerprint density at radius 2 is 2.06 bits per heavy atom. The van der Waals surface area contributed by atoms with E-state index in [1.54, 1.807) is 19.9 Å². The van der Waals surface area contributed by atoms with E-state index < -0.39 is 17.5 Å². The number of hydrogen-bond donors (Lipinski definition) is 0. The third-order valence-corrected chi connectivity index (χ3v) is 2.80. The normalized spacial score (nSPS) is 13.4. The Morgan fingerprint density at radius 1 is 1.33 bits per heavy atom. The summed E-state index contributed by atoms with van der Waals surface area (Å²) in [7, 11) is 0. The van der Waals surface area contributed by atoms with Crippen molar-refractivity contribution in [3.63, 3.8) is 0 Å². The molecule has 1 aliphatic rings. The van der Waals surface area contributed by atoms with Gasteiger partial charge in [-0.1, -0.05) is 0 Å². The molecule has 1 amide bonds. The number of Topliss-reactive ketones (excluding diaryl/α,β-unsaturated/α-hetero) is 1. The van der Waals surface area contributed by atoms with E-state index in [0.717, 1.165) is 0 Å². The lowest BCUT2D eigenvalue weighted by Crippen LogP contribution is -2.30. The van der Waals surface area contributed by atoms with Gasteiger partial charge in [-0.3, -0.25) is 9.59 Å². The average molecular weight is 245 g/mol. The van der Waals surface area contributed by atoms with E-state index in [4.69, 9.17) is 0 Å². The summed E-state index contributed by atoms with van der Waals surface area (Å²) in [5.41, 5.74) is 0.873. The summed E-state index contributed by atoms with van der Waals surface area (Å²) < 4.78 is 13.9. The lowest BCUT2D eigenvalue weighted by atomic mass is 10.1. The molecule has 0 aliphatic carbocycles. The van der Waals surface area contributed by atoms with Crippen molar-refractivity contribution in [1.29, 1.82) is 0 Å². The molecule has 92 valence electrons. The molecule has 18 heavy (non-hydrogen) atoms. The van der Waals surface area contributed by atoms with Crippen LogP contribution in [-0.2, 0) is 4.79 Å². The number of nitrogens with zero attached hydrogens (tertiary/aromatic N) is 1. The van der Waals surface area contributed by atoms with Gasteiger partial charge in [-0.25, -0.2) is 4.39 Å². The van der Waals surface area contributed by atoms with Gasteiger partial charge in [0.15, 0.2) is 0 Å². The Morgan fingerprint density at radius 3 is 2.72 bits per heavy atom. The maximum Gasteiger partial charge on any atom is 0.299 e. The van der Waals surface area contributed by atoms with Crippen molar-refractivity contribution in [3.8, 4) is 11.8 Å². The lowest BCUT2D eigenvalue weighted by molar-refractivity contribution is -0.114. The molecule has 0 radical (unpaired) electrons. The molecule has 3 nitrogen and oxygen atoms in total. The number of aryl methyl sites for hydroxylation is 1. The third kappa shape index (κ3) is 1.88. The van der Waals surface area contributed by atoms with Crippen LogP contribution in [-0.4, -0.2) is 18.2 Å². The highest BCUT2D eigenvalue weighted by Crippen LogP contribution is 2.32. The standard InChI is InChI=1S/C14H12FNO2/c1-3-4-5-6-16-12-10(13(17)14(16)18)7-9(2)8-11(12)15/h7-8H,5-6H2,1-2H3. The number of benzene rings is 1. The predicted molar refractivity (Wildman–Crippen MR) is 65.9 cm³/mol. The van der Waals surface area contributed by atoms with Crippen LogP contribution in [0.25, 0.3) is 0 Å². The third-order valence-electron chi connectivity index (χ3n) is 2.80. The molecule has 0 spiro atoms. The van der Waals surface area contributed by atoms with E-state index >= 15 is 0 Å². The van der Waals surface area contributed by atoms with Crippen LogP contribution in [0.15, 0.2) is 12.1 Å². The first-order valence-electron chi connectivity index (χ1n) is 5.62. The number of hydrogen-bond acceptors (Lipinski definition) is 2. The van der Waals surface area contributed by atoms with Crippen molar-refractivity contribution in [3.05, 3.63) is 29.1 Å². The quantitative estimate of drug-likeness (QED) is 0.591. The van der Waals surface area contributed by atoms with Gasteiger partial charge in [0.1, 0.15) is 5.82 Å². The highest BCUT2D eigenvalue weighted by molar-refractivity contribution is 6.52. The molecule has 0 fully saturated rings. The summed E-state index contributed by atoms with van der Waals surface area (Å²) in [6, 6.07) is 2.87. The Labute approximate surface area is 105 Å². The van der Waals surface area contributed by atoms with Crippen LogP contribution in [0.1, 0.15) is 29.3 Å². The molecule has 4 heteroatoms. The summed E-state index contributed by atoms with van der Waals surface area (Å²) in [6.07, 6.45) is 0.419. The molecule has 1 aliphatic heterocycles. The van der Waals surface area contributed by atoms with Gasteiger partial charge in [-0.05, 0) is 31.5 Å². The minimum Gasteiger partial charge on any atom is -0.301 e. The first-order valence-corrected chi connectivity index (χ1v) is 5.62. The largest absolute Gasteiger partial charge is 0.301 e. The van der Waals surface area contributed by atoms with Crippen LogP contribution >= 0.6 is 0 Å². The Hall–Kier alpha value is -2.15.